The molecule has 2 aliphatic heterocycles. The first-order valence-electron chi connectivity index (χ1n) is 9.53. The molecule has 5 nitrogen and oxygen atoms in total. The topological polar surface area (TPSA) is 46.6 Å². The van der Waals surface area contributed by atoms with Gasteiger partial charge >= 0.3 is 0 Å². The third-order valence-electron chi connectivity index (χ3n) is 5.26. The van der Waals surface area contributed by atoms with E-state index in [1.54, 1.807) is 12.3 Å². The Hall–Kier alpha value is -2.02. The number of nitrogens with one attached hydrogen (secondary N) is 1. The standard InChI is InChI=1S/C21H26FN3O2/c22-19-4-1-5-20(9-19)24-12-18-10-21(27-14-18)15-25(7-8-26-16-21)13-17-3-2-6-23-11-17/h1-6,9,11,18,24H,7-8,10,12-16H2. The first-order valence-corrected chi connectivity index (χ1v) is 9.53. The Kier molecular flexibility index (Phi) is 5.66. The van der Waals surface area contributed by atoms with Crippen molar-refractivity contribution in [3.8, 4) is 0 Å². The molecule has 6 heteroatoms. The summed E-state index contributed by atoms with van der Waals surface area (Å²) in [5, 5.41) is 3.33. The van der Waals surface area contributed by atoms with Crippen LogP contribution in [0.3, 0.4) is 0 Å². The van der Waals surface area contributed by atoms with Gasteiger partial charge in [0.15, 0.2) is 0 Å². The summed E-state index contributed by atoms with van der Waals surface area (Å²) in [6.45, 7) is 5.43. The van der Waals surface area contributed by atoms with Gasteiger partial charge in [0.2, 0.25) is 0 Å². The summed E-state index contributed by atoms with van der Waals surface area (Å²) in [5.41, 5.74) is 1.76. The summed E-state index contributed by atoms with van der Waals surface area (Å²) < 4.78 is 25.5. The van der Waals surface area contributed by atoms with Crippen LogP contribution < -0.4 is 5.32 Å². The minimum Gasteiger partial charge on any atom is -0.385 e. The third-order valence-corrected chi connectivity index (χ3v) is 5.26. The number of nitrogens with zero attached hydrogens (tertiary/aromatic N) is 2. The van der Waals surface area contributed by atoms with Crippen LogP contribution in [0.25, 0.3) is 0 Å². The van der Waals surface area contributed by atoms with E-state index in [4.69, 9.17) is 9.47 Å². The maximum absolute atomic E-state index is 13.3. The minimum absolute atomic E-state index is 0.220. The Morgan fingerprint density at radius 2 is 2.26 bits per heavy atom. The number of hydrogen-bond donors (Lipinski definition) is 1. The van der Waals surface area contributed by atoms with Gasteiger partial charge in [0, 0.05) is 50.2 Å². The summed E-state index contributed by atoms with van der Waals surface area (Å²) in [4.78, 5) is 6.61. The predicted molar refractivity (Wildman–Crippen MR) is 102 cm³/mol. The van der Waals surface area contributed by atoms with E-state index in [0.717, 1.165) is 44.9 Å². The molecule has 2 saturated heterocycles. The number of halogens is 1. The van der Waals surface area contributed by atoms with Gasteiger partial charge in [0.05, 0.1) is 19.8 Å². The van der Waals surface area contributed by atoms with Gasteiger partial charge in [-0.3, -0.25) is 9.88 Å². The fourth-order valence-corrected chi connectivity index (χ4v) is 4.01. The van der Waals surface area contributed by atoms with Gasteiger partial charge in [-0.15, -0.1) is 0 Å². The van der Waals surface area contributed by atoms with Crippen molar-refractivity contribution in [2.24, 2.45) is 5.92 Å². The van der Waals surface area contributed by atoms with Gasteiger partial charge < -0.3 is 14.8 Å². The number of pyridine rings is 1. The second-order valence-corrected chi connectivity index (χ2v) is 7.58. The number of rotatable bonds is 5. The van der Waals surface area contributed by atoms with Gasteiger partial charge in [-0.25, -0.2) is 4.39 Å². The lowest BCUT2D eigenvalue weighted by molar-refractivity contribution is -0.0562. The molecule has 2 unspecified atom stereocenters. The molecule has 0 aliphatic carbocycles. The van der Waals surface area contributed by atoms with Crippen LogP contribution in [-0.4, -0.2) is 54.9 Å². The van der Waals surface area contributed by atoms with Crippen LogP contribution in [0.2, 0.25) is 0 Å². The highest BCUT2D eigenvalue weighted by molar-refractivity contribution is 5.43. The fraction of sp³-hybridized carbons (Fsp3) is 0.476. The molecule has 4 rings (SSSR count). The van der Waals surface area contributed by atoms with E-state index in [1.165, 1.54) is 17.7 Å². The Balaban J connectivity index is 1.34. The Bertz CT molecular complexity index is 745. The maximum Gasteiger partial charge on any atom is 0.125 e. The molecule has 1 spiro atoms. The minimum atomic E-state index is -0.257. The van der Waals surface area contributed by atoms with E-state index >= 15 is 0 Å². The lowest BCUT2D eigenvalue weighted by Gasteiger charge is -2.31. The zero-order chi connectivity index (χ0) is 18.5. The SMILES string of the molecule is Fc1cccc(NCC2COC3(COCCN(Cc4cccnc4)C3)C2)c1. The smallest absolute Gasteiger partial charge is 0.125 e. The second-order valence-electron chi connectivity index (χ2n) is 7.58. The van der Waals surface area contributed by atoms with Crippen molar-refractivity contribution >= 4 is 5.69 Å². The lowest BCUT2D eigenvalue weighted by atomic mass is 9.94. The highest BCUT2D eigenvalue weighted by atomic mass is 19.1. The molecule has 2 fully saturated rings. The van der Waals surface area contributed by atoms with E-state index in [2.05, 4.69) is 21.3 Å². The molecule has 1 aromatic carbocycles. The summed E-state index contributed by atoms with van der Waals surface area (Å²) >= 11 is 0. The molecular weight excluding hydrogens is 345 g/mol. The monoisotopic (exact) mass is 371 g/mol. The maximum atomic E-state index is 13.3. The van der Waals surface area contributed by atoms with Gasteiger partial charge in [0.25, 0.3) is 0 Å². The molecule has 2 aromatic rings. The van der Waals surface area contributed by atoms with Crippen molar-refractivity contribution in [2.75, 3.05) is 44.8 Å². The van der Waals surface area contributed by atoms with Crippen LogP contribution in [0, 0.1) is 11.7 Å². The largest absolute Gasteiger partial charge is 0.385 e. The number of hydrogen-bond acceptors (Lipinski definition) is 5. The van der Waals surface area contributed by atoms with Gasteiger partial charge in [-0.05, 0) is 36.2 Å². The van der Waals surface area contributed by atoms with Crippen molar-refractivity contribution in [1.29, 1.82) is 0 Å². The summed E-state index contributed by atoms with van der Waals surface area (Å²) in [6, 6.07) is 10.7. The molecule has 2 aliphatic rings. The zero-order valence-corrected chi connectivity index (χ0v) is 15.4. The highest BCUT2D eigenvalue weighted by Gasteiger charge is 2.43. The molecule has 0 amide bonds. The van der Waals surface area contributed by atoms with Crippen LogP contribution in [0.15, 0.2) is 48.8 Å². The fourth-order valence-electron chi connectivity index (χ4n) is 4.01. The second kappa shape index (κ2) is 8.33. The molecule has 0 bridgehead atoms. The Morgan fingerprint density at radius 1 is 1.30 bits per heavy atom. The third kappa shape index (κ3) is 4.83. The number of benzene rings is 1. The normalized spacial score (nSPS) is 26.2. The van der Waals surface area contributed by atoms with E-state index in [-0.39, 0.29) is 11.4 Å². The quantitative estimate of drug-likeness (QED) is 0.876. The molecule has 2 atom stereocenters. The molecule has 27 heavy (non-hydrogen) atoms. The van der Waals surface area contributed by atoms with Crippen LogP contribution >= 0.6 is 0 Å². The van der Waals surface area contributed by atoms with Crippen LogP contribution in [0.5, 0.6) is 0 Å². The van der Waals surface area contributed by atoms with Crippen molar-refractivity contribution < 1.29 is 13.9 Å². The zero-order valence-electron chi connectivity index (χ0n) is 15.4. The average molecular weight is 371 g/mol. The van der Waals surface area contributed by atoms with E-state index in [9.17, 15) is 4.39 Å². The summed E-state index contributed by atoms with van der Waals surface area (Å²) in [6.07, 6.45) is 4.66. The summed E-state index contributed by atoms with van der Waals surface area (Å²) in [5.74, 6) is 0.164. The van der Waals surface area contributed by atoms with Gasteiger partial charge in [-0.1, -0.05) is 12.1 Å². The Labute approximate surface area is 159 Å². The Morgan fingerprint density at radius 3 is 3.11 bits per heavy atom. The molecule has 0 radical (unpaired) electrons. The van der Waals surface area contributed by atoms with Crippen LogP contribution in [-0.2, 0) is 16.0 Å². The van der Waals surface area contributed by atoms with E-state index in [1.807, 2.05) is 18.3 Å². The van der Waals surface area contributed by atoms with Crippen LogP contribution in [0.4, 0.5) is 10.1 Å². The first kappa shape index (κ1) is 18.3. The lowest BCUT2D eigenvalue weighted by Crippen LogP contribution is -2.43. The molecule has 1 aromatic heterocycles. The highest BCUT2D eigenvalue weighted by Crippen LogP contribution is 2.33. The van der Waals surface area contributed by atoms with Crippen molar-refractivity contribution in [2.45, 2.75) is 18.6 Å². The number of aromatic nitrogens is 1. The van der Waals surface area contributed by atoms with Gasteiger partial charge in [-0.2, -0.15) is 0 Å². The first-order chi connectivity index (χ1) is 13.2. The number of anilines is 1. The average Bonchev–Trinajstić information content (AvgIpc) is 2.96. The van der Waals surface area contributed by atoms with Crippen LogP contribution in [0.1, 0.15) is 12.0 Å². The summed E-state index contributed by atoms with van der Waals surface area (Å²) in [7, 11) is 0. The molecular formula is C21H26FN3O2. The molecule has 3 heterocycles. The predicted octanol–water partition coefficient (Wildman–Crippen LogP) is 2.94. The molecule has 0 saturated carbocycles. The van der Waals surface area contributed by atoms with Crippen molar-refractivity contribution in [3.05, 3.63) is 60.2 Å². The van der Waals surface area contributed by atoms with E-state index in [0.29, 0.717) is 19.1 Å². The van der Waals surface area contributed by atoms with E-state index < -0.39 is 0 Å². The number of ether oxygens (including phenoxy) is 2. The van der Waals surface area contributed by atoms with Crippen molar-refractivity contribution in [3.63, 3.8) is 0 Å². The molecule has 144 valence electrons. The molecule has 1 N–H and O–H groups in total. The van der Waals surface area contributed by atoms with Gasteiger partial charge in [0.1, 0.15) is 11.4 Å². The van der Waals surface area contributed by atoms with Crippen molar-refractivity contribution in [1.82, 2.24) is 9.88 Å².